The normalized spacial score (nSPS) is 11.4. The quantitative estimate of drug-likeness (QED) is 0.0306. The second-order valence-electron chi connectivity index (χ2n) is 15.1. The van der Waals surface area contributed by atoms with Gasteiger partial charge in [-0.05, 0) is 48.9 Å². The molecule has 0 saturated carbocycles. The number of hydrogen-bond donors (Lipinski definition) is 6. The molecule has 2 aromatic heterocycles. The average Bonchev–Trinajstić information content (AvgIpc) is 3.33. The Balaban J connectivity index is 1.02. The van der Waals surface area contributed by atoms with Crippen LogP contribution >= 0.6 is 0 Å². The number of pyridine rings is 2. The van der Waals surface area contributed by atoms with Gasteiger partial charge < -0.3 is 60.5 Å². The van der Waals surface area contributed by atoms with E-state index in [1.807, 2.05) is 6.92 Å². The predicted molar refractivity (Wildman–Crippen MR) is 253 cm³/mol. The second-order valence-corrected chi connectivity index (χ2v) is 15.1. The molecular formula is C47H62FN9O10. The van der Waals surface area contributed by atoms with Crippen molar-refractivity contribution in [3.8, 4) is 11.1 Å². The lowest BCUT2D eigenvalue weighted by Gasteiger charge is -2.25. The summed E-state index contributed by atoms with van der Waals surface area (Å²) in [6.45, 7) is 5.13. The summed E-state index contributed by atoms with van der Waals surface area (Å²) in [6, 6.07) is 7.37. The predicted octanol–water partition coefficient (Wildman–Crippen LogP) is 4.21. The van der Waals surface area contributed by atoms with E-state index in [0.717, 1.165) is 11.3 Å². The molecule has 2 heterocycles. The summed E-state index contributed by atoms with van der Waals surface area (Å²) in [4.78, 5) is 83.4. The van der Waals surface area contributed by atoms with E-state index in [1.165, 1.54) is 31.3 Å². The largest absolute Gasteiger partial charge is 0.387 e. The lowest BCUT2D eigenvalue weighted by molar-refractivity contribution is -0.122. The van der Waals surface area contributed by atoms with Crippen LogP contribution in [0.5, 0.6) is 0 Å². The molecule has 0 radical (unpaired) electrons. The van der Waals surface area contributed by atoms with Crippen LogP contribution in [0.25, 0.3) is 21.9 Å². The number of anilines is 4. The number of carbonyl (C=O) groups excluding carboxylic acids is 6. The fourth-order valence-corrected chi connectivity index (χ4v) is 6.95. The van der Waals surface area contributed by atoms with Gasteiger partial charge in [-0.25, -0.2) is 9.37 Å². The van der Waals surface area contributed by atoms with Crippen molar-refractivity contribution in [2.24, 2.45) is 0 Å². The van der Waals surface area contributed by atoms with Gasteiger partial charge in [0, 0.05) is 101 Å². The van der Waals surface area contributed by atoms with E-state index in [9.17, 15) is 28.8 Å². The molecule has 1 atom stereocenters. The molecule has 0 aliphatic carbocycles. The van der Waals surface area contributed by atoms with Crippen molar-refractivity contribution in [1.82, 2.24) is 25.5 Å². The van der Waals surface area contributed by atoms with Crippen LogP contribution in [0.1, 0.15) is 58.4 Å². The molecule has 0 aliphatic heterocycles. The summed E-state index contributed by atoms with van der Waals surface area (Å²) in [5.41, 5.74) is 3.61. The number of nitrogens with one attached hydrogen (secondary N) is 6. The molecule has 4 amide bonds. The Labute approximate surface area is 389 Å². The van der Waals surface area contributed by atoms with Crippen molar-refractivity contribution in [2.75, 3.05) is 115 Å². The summed E-state index contributed by atoms with van der Waals surface area (Å²) in [6.07, 6.45) is 6.79. The minimum atomic E-state index is -0.847. The molecule has 0 aliphatic rings. The highest BCUT2D eigenvalue weighted by Crippen LogP contribution is 2.37. The first-order chi connectivity index (χ1) is 32.5. The molecule has 0 fully saturated rings. The van der Waals surface area contributed by atoms with Gasteiger partial charge in [0.25, 0.3) is 5.91 Å². The van der Waals surface area contributed by atoms with E-state index in [2.05, 4.69) is 41.9 Å². The SMILES string of the molecule is CNC(=O)CCC(C=O)N(C)C(=O)c1c(C=O)cccc1NCCOCCOCCOCCOCCNC(=O)CCCC(=O)Nc1cc2cc(-c3cncc(NC)c3C)c(F)c(NC)c2cn1. The van der Waals surface area contributed by atoms with Crippen LogP contribution in [0.2, 0.25) is 0 Å². The van der Waals surface area contributed by atoms with E-state index in [4.69, 9.17) is 18.9 Å². The van der Waals surface area contributed by atoms with Crippen molar-refractivity contribution in [1.29, 1.82) is 0 Å². The highest BCUT2D eigenvalue weighted by molar-refractivity contribution is 6.07. The Morgan fingerprint density at radius 2 is 1.45 bits per heavy atom. The van der Waals surface area contributed by atoms with Gasteiger partial charge >= 0.3 is 0 Å². The molecular weight excluding hydrogens is 870 g/mol. The molecule has 0 spiro atoms. The second kappa shape index (κ2) is 28.4. The van der Waals surface area contributed by atoms with Crippen molar-refractivity contribution in [3.63, 3.8) is 0 Å². The Morgan fingerprint density at radius 3 is 2.09 bits per heavy atom. The van der Waals surface area contributed by atoms with Gasteiger partial charge in [-0.3, -0.25) is 29.0 Å². The van der Waals surface area contributed by atoms with Crippen molar-refractivity contribution in [2.45, 2.75) is 45.1 Å². The molecule has 19 nitrogen and oxygen atoms in total. The molecule has 4 rings (SSSR count). The maximum atomic E-state index is 15.7. The highest BCUT2D eigenvalue weighted by atomic mass is 19.1. The average molecular weight is 932 g/mol. The molecule has 20 heteroatoms. The van der Waals surface area contributed by atoms with Gasteiger partial charge in [-0.15, -0.1) is 0 Å². The van der Waals surface area contributed by atoms with Crippen molar-refractivity contribution >= 4 is 69.9 Å². The number of benzene rings is 2. The van der Waals surface area contributed by atoms with Gasteiger partial charge in [-0.2, -0.15) is 0 Å². The maximum absolute atomic E-state index is 15.7. The number of ether oxygens (including phenoxy) is 4. The maximum Gasteiger partial charge on any atom is 0.257 e. The topological polar surface area (TPSA) is 241 Å². The number of aldehydes is 2. The lowest BCUT2D eigenvalue weighted by atomic mass is 9.97. The number of likely N-dealkylation sites (N-methyl/N-ethyl adjacent to an activating group) is 1. The van der Waals surface area contributed by atoms with Crippen LogP contribution < -0.4 is 31.9 Å². The molecule has 4 aromatic rings. The molecule has 2 aromatic carbocycles. The zero-order valence-electron chi connectivity index (χ0n) is 38.8. The number of nitrogens with zero attached hydrogens (tertiary/aromatic N) is 3. The number of fused-ring (bicyclic) bond motifs is 1. The van der Waals surface area contributed by atoms with Crippen LogP contribution in [-0.4, -0.2) is 151 Å². The standard InChI is InChI=1S/C47H62FN9O10/c1-31-36(26-52-28-39(31)49-2)35-24-33-25-40(55-27-37(33)46(51-4)45(35)48)56-43(62)11-7-10-42(61)54-15-17-65-19-21-67-23-22-66-20-18-64-16-14-53-38-9-6-8-32(29-58)44(38)47(63)57(5)34(30-59)12-13-41(60)50-3/h6,8-9,24-30,34,49,51,53H,7,10-23H2,1-5H3,(H,50,60)(H,54,61)(H,55,56,62). The molecule has 6 N–H and O–H groups in total. The van der Waals surface area contributed by atoms with Gasteiger partial charge in [-0.1, -0.05) is 12.1 Å². The molecule has 1 unspecified atom stereocenters. The van der Waals surface area contributed by atoms with Crippen LogP contribution in [-0.2, 0) is 38.1 Å². The molecule has 362 valence electrons. The summed E-state index contributed by atoms with van der Waals surface area (Å²) >= 11 is 0. The van der Waals surface area contributed by atoms with Crippen LogP contribution in [0.3, 0.4) is 0 Å². The monoisotopic (exact) mass is 931 g/mol. The fourth-order valence-electron chi connectivity index (χ4n) is 6.95. The minimum absolute atomic E-state index is 0.0655. The summed E-state index contributed by atoms with van der Waals surface area (Å²) in [5, 5.41) is 18.4. The van der Waals surface area contributed by atoms with Gasteiger partial charge in [0.05, 0.1) is 82.0 Å². The first-order valence-electron chi connectivity index (χ1n) is 22.0. The van der Waals surface area contributed by atoms with Gasteiger partial charge in [0.15, 0.2) is 12.1 Å². The van der Waals surface area contributed by atoms with Crippen LogP contribution in [0.15, 0.2) is 48.9 Å². The van der Waals surface area contributed by atoms with Crippen LogP contribution in [0, 0.1) is 12.7 Å². The number of aromatic nitrogens is 2. The van der Waals surface area contributed by atoms with E-state index >= 15 is 4.39 Å². The van der Waals surface area contributed by atoms with E-state index < -0.39 is 17.8 Å². The summed E-state index contributed by atoms with van der Waals surface area (Å²) < 4.78 is 37.9. The fraction of sp³-hybridized carbons (Fsp3) is 0.447. The van der Waals surface area contributed by atoms with E-state index in [1.54, 1.807) is 50.8 Å². The Kier molecular flexibility index (Phi) is 22.5. The molecule has 67 heavy (non-hydrogen) atoms. The number of hydrogen-bond acceptors (Lipinski definition) is 15. The van der Waals surface area contributed by atoms with Gasteiger partial charge in [0.2, 0.25) is 17.7 Å². The number of carbonyl (C=O) groups is 6. The van der Waals surface area contributed by atoms with E-state index in [0.29, 0.717) is 112 Å². The summed E-state index contributed by atoms with van der Waals surface area (Å²) in [5.74, 6) is -1.41. The van der Waals surface area contributed by atoms with Crippen molar-refractivity contribution in [3.05, 3.63) is 71.4 Å². The zero-order chi connectivity index (χ0) is 48.6. The summed E-state index contributed by atoms with van der Waals surface area (Å²) in [7, 11) is 6.36. The van der Waals surface area contributed by atoms with Gasteiger partial charge in [0.1, 0.15) is 12.1 Å². The highest BCUT2D eigenvalue weighted by Gasteiger charge is 2.26. The molecule has 0 saturated heterocycles. The Bertz CT molecular complexity index is 2300. The third kappa shape index (κ3) is 16.1. The first-order valence-corrected chi connectivity index (χ1v) is 22.0. The zero-order valence-corrected chi connectivity index (χ0v) is 38.8. The third-order valence-corrected chi connectivity index (χ3v) is 10.7. The first kappa shape index (κ1) is 53.0. The lowest BCUT2D eigenvalue weighted by Crippen LogP contribution is -2.39. The van der Waals surface area contributed by atoms with Crippen LogP contribution in [0.4, 0.5) is 27.3 Å². The third-order valence-electron chi connectivity index (χ3n) is 10.7. The molecule has 0 bridgehead atoms. The Morgan fingerprint density at radius 1 is 0.776 bits per heavy atom. The van der Waals surface area contributed by atoms with E-state index in [-0.39, 0.29) is 66.8 Å². The number of halogens is 1. The number of amides is 4. The Hall–Kier alpha value is -6.61. The number of rotatable bonds is 31. The smallest absolute Gasteiger partial charge is 0.257 e. The minimum Gasteiger partial charge on any atom is -0.387 e. The van der Waals surface area contributed by atoms with Crippen molar-refractivity contribution < 1.29 is 52.1 Å².